The van der Waals surface area contributed by atoms with Gasteiger partial charge in [-0.25, -0.2) is 9.98 Å². The average molecular weight is 303 g/mol. The van der Waals surface area contributed by atoms with Crippen molar-refractivity contribution in [2.45, 2.75) is 40.2 Å². The van der Waals surface area contributed by atoms with Crippen LogP contribution in [0.3, 0.4) is 0 Å². The van der Waals surface area contributed by atoms with Gasteiger partial charge in [0.25, 0.3) is 0 Å². The van der Waals surface area contributed by atoms with Crippen LogP contribution in [0.4, 0.5) is 5.82 Å². The van der Waals surface area contributed by atoms with Crippen molar-refractivity contribution in [3.05, 3.63) is 23.9 Å². The normalized spacial score (nSPS) is 15.5. The lowest BCUT2D eigenvalue weighted by atomic mass is 9.99. The summed E-state index contributed by atoms with van der Waals surface area (Å²) >= 11 is 0. The lowest BCUT2D eigenvalue weighted by Crippen LogP contribution is -2.37. The van der Waals surface area contributed by atoms with E-state index in [0.29, 0.717) is 6.54 Å². The first-order valence-corrected chi connectivity index (χ1v) is 8.45. The van der Waals surface area contributed by atoms with Crippen molar-refractivity contribution in [2.75, 3.05) is 31.1 Å². The molecule has 0 radical (unpaired) electrons. The van der Waals surface area contributed by atoms with Crippen molar-refractivity contribution in [3.63, 3.8) is 0 Å². The molecule has 0 atom stereocenters. The smallest absolute Gasteiger partial charge is 0.191 e. The first kappa shape index (κ1) is 16.6. The summed E-state index contributed by atoms with van der Waals surface area (Å²) < 4.78 is 0. The highest BCUT2D eigenvalue weighted by Crippen LogP contribution is 2.21. The molecule has 0 bridgehead atoms. The quantitative estimate of drug-likeness (QED) is 0.648. The average Bonchev–Trinajstić information content (AvgIpc) is 2.54. The van der Waals surface area contributed by atoms with Crippen LogP contribution in [0.25, 0.3) is 0 Å². The Labute approximate surface area is 134 Å². The molecule has 1 aromatic heterocycles. The van der Waals surface area contributed by atoms with E-state index in [4.69, 9.17) is 0 Å². The molecule has 0 aromatic carbocycles. The van der Waals surface area contributed by atoms with Gasteiger partial charge in [-0.1, -0.05) is 13.0 Å². The van der Waals surface area contributed by atoms with Gasteiger partial charge < -0.3 is 15.5 Å². The number of nitrogens with zero attached hydrogens (tertiary/aromatic N) is 3. The Morgan fingerprint density at radius 1 is 1.23 bits per heavy atom. The van der Waals surface area contributed by atoms with E-state index in [-0.39, 0.29) is 0 Å². The second kappa shape index (κ2) is 8.61. The summed E-state index contributed by atoms with van der Waals surface area (Å²) in [5.41, 5.74) is 1.14. The molecule has 122 valence electrons. The van der Waals surface area contributed by atoms with E-state index in [1.165, 1.54) is 12.8 Å². The van der Waals surface area contributed by atoms with E-state index in [1.54, 1.807) is 0 Å². The Kier molecular flexibility index (Phi) is 6.49. The molecule has 0 aliphatic carbocycles. The topological polar surface area (TPSA) is 52.6 Å². The van der Waals surface area contributed by atoms with Gasteiger partial charge in [-0.15, -0.1) is 0 Å². The van der Waals surface area contributed by atoms with Crippen LogP contribution in [0.5, 0.6) is 0 Å². The van der Waals surface area contributed by atoms with Crippen molar-refractivity contribution >= 4 is 11.8 Å². The Morgan fingerprint density at radius 2 is 1.91 bits per heavy atom. The van der Waals surface area contributed by atoms with Crippen molar-refractivity contribution < 1.29 is 0 Å². The van der Waals surface area contributed by atoms with Crippen molar-refractivity contribution in [1.82, 2.24) is 15.6 Å². The molecule has 5 nitrogen and oxygen atoms in total. The molecule has 0 spiro atoms. The van der Waals surface area contributed by atoms with E-state index in [0.717, 1.165) is 49.4 Å². The number of aliphatic imine (C=N–C) groups is 1. The van der Waals surface area contributed by atoms with Gasteiger partial charge >= 0.3 is 0 Å². The third-order valence-corrected chi connectivity index (χ3v) is 4.02. The van der Waals surface area contributed by atoms with Crippen LogP contribution in [0, 0.1) is 5.92 Å². The standard InChI is InChI=1S/C17H29N5/c1-4-18-17(19-5-2)21-13-15-6-7-16(20-12-15)22-10-8-14(3)9-11-22/h6-7,12,14H,4-5,8-11,13H2,1-3H3,(H2,18,19,21). The largest absolute Gasteiger partial charge is 0.357 e. The summed E-state index contributed by atoms with van der Waals surface area (Å²) in [5.74, 6) is 2.80. The fourth-order valence-corrected chi connectivity index (χ4v) is 2.61. The predicted octanol–water partition coefficient (Wildman–Crippen LogP) is 2.39. The molecule has 0 unspecified atom stereocenters. The zero-order valence-corrected chi connectivity index (χ0v) is 14.1. The number of aromatic nitrogens is 1. The summed E-state index contributed by atoms with van der Waals surface area (Å²) in [6.07, 6.45) is 4.48. The van der Waals surface area contributed by atoms with Gasteiger partial charge in [-0.2, -0.15) is 0 Å². The molecule has 1 aromatic rings. The maximum atomic E-state index is 4.61. The van der Waals surface area contributed by atoms with Crippen LogP contribution >= 0.6 is 0 Å². The van der Waals surface area contributed by atoms with Crippen LogP contribution in [0.2, 0.25) is 0 Å². The van der Waals surface area contributed by atoms with Crippen LogP contribution in [-0.4, -0.2) is 37.1 Å². The zero-order valence-electron chi connectivity index (χ0n) is 14.1. The highest BCUT2D eigenvalue weighted by atomic mass is 15.2. The van der Waals surface area contributed by atoms with E-state index in [2.05, 4.69) is 58.4 Å². The third kappa shape index (κ3) is 4.90. The summed E-state index contributed by atoms with van der Waals surface area (Å²) in [7, 11) is 0. The van der Waals surface area contributed by atoms with Crippen LogP contribution in [0.15, 0.2) is 23.3 Å². The molecule has 1 saturated heterocycles. The fraction of sp³-hybridized carbons (Fsp3) is 0.647. The van der Waals surface area contributed by atoms with Crippen LogP contribution in [-0.2, 0) is 6.54 Å². The molecular weight excluding hydrogens is 274 g/mol. The van der Waals surface area contributed by atoms with Gasteiger partial charge in [0.05, 0.1) is 6.54 Å². The van der Waals surface area contributed by atoms with E-state index in [1.807, 2.05) is 6.20 Å². The van der Waals surface area contributed by atoms with Gasteiger partial charge in [0.15, 0.2) is 5.96 Å². The first-order valence-electron chi connectivity index (χ1n) is 8.45. The Hall–Kier alpha value is -1.78. The molecule has 1 aliphatic rings. The molecule has 1 aliphatic heterocycles. The minimum atomic E-state index is 0.652. The number of guanidine groups is 1. The second-order valence-electron chi connectivity index (χ2n) is 5.92. The minimum Gasteiger partial charge on any atom is -0.357 e. The molecular formula is C17H29N5. The highest BCUT2D eigenvalue weighted by molar-refractivity contribution is 5.79. The van der Waals surface area contributed by atoms with Crippen LogP contribution in [0.1, 0.15) is 39.2 Å². The summed E-state index contributed by atoms with van der Waals surface area (Å²) in [4.78, 5) is 11.6. The van der Waals surface area contributed by atoms with E-state index in [9.17, 15) is 0 Å². The number of anilines is 1. The Balaban J connectivity index is 1.92. The van der Waals surface area contributed by atoms with Crippen molar-refractivity contribution in [2.24, 2.45) is 10.9 Å². The molecule has 1 fully saturated rings. The third-order valence-electron chi connectivity index (χ3n) is 4.02. The maximum absolute atomic E-state index is 4.61. The number of hydrogen-bond acceptors (Lipinski definition) is 3. The lowest BCUT2D eigenvalue weighted by molar-refractivity contribution is 0.436. The maximum Gasteiger partial charge on any atom is 0.191 e. The predicted molar refractivity (Wildman–Crippen MR) is 93.3 cm³/mol. The summed E-state index contributed by atoms with van der Waals surface area (Å²) in [6, 6.07) is 4.26. The molecule has 0 saturated carbocycles. The Bertz CT molecular complexity index is 452. The van der Waals surface area contributed by atoms with Gasteiger partial charge in [0, 0.05) is 32.4 Å². The zero-order chi connectivity index (χ0) is 15.8. The molecule has 2 rings (SSSR count). The Morgan fingerprint density at radius 3 is 2.45 bits per heavy atom. The number of rotatable bonds is 5. The highest BCUT2D eigenvalue weighted by Gasteiger charge is 2.16. The number of pyridine rings is 1. The monoisotopic (exact) mass is 303 g/mol. The van der Waals surface area contributed by atoms with E-state index >= 15 is 0 Å². The van der Waals surface area contributed by atoms with E-state index < -0.39 is 0 Å². The van der Waals surface area contributed by atoms with Gasteiger partial charge in [-0.05, 0) is 44.2 Å². The van der Waals surface area contributed by atoms with Crippen molar-refractivity contribution in [3.8, 4) is 0 Å². The molecule has 5 heteroatoms. The number of piperidine rings is 1. The minimum absolute atomic E-state index is 0.652. The molecule has 0 amide bonds. The second-order valence-corrected chi connectivity index (χ2v) is 5.92. The molecule has 2 N–H and O–H groups in total. The first-order chi connectivity index (χ1) is 10.7. The van der Waals surface area contributed by atoms with Crippen LogP contribution < -0.4 is 15.5 Å². The number of hydrogen-bond donors (Lipinski definition) is 2. The SMILES string of the molecule is CCNC(=NCc1ccc(N2CCC(C)CC2)nc1)NCC. The van der Waals surface area contributed by atoms with Crippen molar-refractivity contribution in [1.29, 1.82) is 0 Å². The fourth-order valence-electron chi connectivity index (χ4n) is 2.61. The number of nitrogens with one attached hydrogen (secondary N) is 2. The van der Waals surface area contributed by atoms with Gasteiger partial charge in [0.2, 0.25) is 0 Å². The van der Waals surface area contributed by atoms with Gasteiger partial charge in [0.1, 0.15) is 5.82 Å². The van der Waals surface area contributed by atoms with Gasteiger partial charge in [-0.3, -0.25) is 0 Å². The molecule has 22 heavy (non-hydrogen) atoms. The summed E-state index contributed by atoms with van der Waals surface area (Å²) in [5, 5.41) is 6.46. The molecule has 2 heterocycles. The lowest BCUT2D eigenvalue weighted by Gasteiger charge is -2.31. The summed E-state index contributed by atoms with van der Waals surface area (Å²) in [6.45, 7) is 11.1.